The van der Waals surface area contributed by atoms with Crippen LogP contribution >= 0.6 is 0 Å². The predicted molar refractivity (Wildman–Crippen MR) is 176 cm³/mol. The molecule has 3 aromatic carbocycles. The zero-order valence-electron chi connectivity index (χ0n) is 27.0. The van der Waals surface area contributed by atoms with Gasteiger partial charge in [-0.2, -0.15) is 0 Å². The lowest BCUT2D eigenvalue weighted by atomic mass is 9.92. The molecule has 236 valence electrons. The third kappa shape index (κ3) is 8.55. The number of hydrogen-bond acceptors (Lipinski definition) is 6. The molecule has 7 heteroatoms. The van der Waals surface area contributed by atoms with Crippen molar-refractivity contribution in [3.05, 3.63) is 89.0 Å². The molecule has 0 bridgehead atoms. The second kappa shape index (κ2) is 16.2. The molecule has 7 nitrogen and oxygen atoms in total. The van der Waals surface area contributed by atoms with E-state index in [1.807, 2.05) is 42.2 Å². The number of anilines is 1. The molecule has 0 N–H and O–H groups in total. The largest absolute Gasteiger partial charge is 0.497 e. The molecule has 1 aliphatic rings. The third-order valence-electron chi connectivity index (χ3n) is 8.09. The molecule has 1 fully saturated rings. The van der Waals surface area contributed by atoms with Gasteiger partial charge in [-0.15, -0.1) is 0 Å². The van der Waals surface area contributed by atoms with Gasteiger partial charge in [0.05, 0.1) is 32.8 Å². The molecule has 1 heterocycles. The molecule has 0 unspecified atom stereocenters. The first-order valence-electron chi connectivity index (χ1n) is 16.0. The van der Waals surface area contributed by atoms with Crippen LogP contribution in [0.2, 0.25) is 0 Å². The van der Waals surface area contributed by atoms with Crippen LogP contribution in [0.5, 0.6) is 11.5 Å². The van der Waals surface area contributed by atoms with Gasteiger partial charge < -0.3 is 24.0 Å². The molecule has 1 amide bonds. The topological polar surface area (TPSA) is 68.3 Å². The fraction of sp³-hybridized carbons (Fsp3) is 0.459. The van der Waals surface area contributed by atoms with E-state index in [1.54, 1.807) is 26.2 Å². The maximum absolute atomic E-state index is 14.5. The number of ether oxygens (including phenoxy) is 3. The van der Waals surface area contributed by atoms with E-state index in [1.165, 1.54) is 30.5 Å². The first kappa shape index (κ1) is 32.9. The van der Waals surface area contributed by atoms with E-state index in [9.17, 15) is 9.59 Å². The molecule has 3 aromatic rings. The molecule has 0 saturated carbocycles. The average Bonchev–Trinajstić information content (AvgIpc) is 3.03. The highest BCUT2D eigenvalue weighted by atomic mass is 16.5. The molecule has 0 aromatic heterocycles. The molecule has 1 saturated heterocycles. The minimum absolute atomic E-state index is 0.0197. The number of benzene rings is 3. The van der Waals surface area contributed by atoms with Crippen molar-refractivity contribution in [3.8, 4) is 11.5 Å². The van der Waals surface area contributed by atoms with Crippen molar-refractivity contribution in [2.45, 2.75) is 72.4 Å². The quantitative estimate of drug-likeness (QED) is 0.177. The van der Waals surface area contributed by atoms with E-state index in [0.29, 0.717) is 30.4 Å². The van der Waals surface area contributed by atoms with Gasteiger partial charge in [-0.1, -0.05) is 50.2 Å². The summed E-state index contributed by atoms with van der Waals surface area (Å²) in [5.41, 5.74) is 4.61. The second-order valence-corrected chi connectivity index (χ2v) is 11.8. The first-order chi connectivity index (χ1) is 21.3. The van der Waals surface area contributed by atoms with Gasteiger partial charge in [-0.05, 0) is 92.5 Å². The van der Waals surface area contributed by atoms with Crippen LogP contribution in [0.1, 0.15) is 86.5 Å². The van der Waals surface area contributed by atoms with Gasteiger partial charge in [0.25, 0.3) is 0 Å². The normalized spacial score (nSPS) is 13.8. The number of nitrogens with zero attached hydrogens (tertiary/aromatic N) is 2. The molecule has 1 aliphatic heterocycles. The number of methoxy groups -OCH3 is 1. The summed E-state index contributed by atoms with van der Waals surface area (Å²) in [5, 5.41) is 0. The molecule has 0 radical (unpaired) electrons. The van der Waals surface area contributed by atoms with E-state index in [-0.39, 0.29) is 25.0 Å². The highest BCUT2D eigenvalue weighted by Gasteiger charge is 2.30. The molecule has 0 aliphatic carbocycles. The standard InChI is InChI=1S/C37H48N2O5/c1-6-43-35-24-29(17-20-32(35)37(41)44-7-2)25-36(40)39(26-28-15-18-30(42-5)19-16-28)34(23-27(3)4)31-13-9-10-14-33(31)38-21-11-8-12-22-38/h9-10,13-20,24,27,34H,6-8,11-12,21-23,25-26H2,1-5H3/t34-/m0/s1. The highest BCUT2D eigenvalue weighted by Crippen LogP contribution is 2.37. The van der Waals surface area contributed by atoms with Crippen molar-refractivity contribution in [3.63, 3.8) is 0 Å². The maximum atomic E-state index is 14.5. The van der Waals surface area contributed by atoms with Crippen molar-refractivity contribution in [1.29, 1.82) is 0 Å². The van der Waals surface area contributed by atoms with E-state index in [0.717, 1.165) is 36.4 Å². The fourth-order valence-corrected chi connectivity index (χ4v) is 5.97. The summed E-state index contributed by atoms with van der Waals surface area (Å²) in [5.74, 6) is 1.18. The molecular weight excluding hydrogens is 552 g/mol. The Morgan fingerprint density at radius 1 is 0.886 bits per heavy atom. The monoisotopic (exact) mass is 600 g/mol. The average molecular weight is 601 g/mol. The lowest BCUT2D eigenvalue weighted by Gasteiger charge is -2.38. The van der Waals surface area contributed by atoms with Crippen LogP contribution in [0.15, 0.2) is 66.7 Å². The minimum atomic E-state index is -0.429. The van der Waals surface area contributed by atoms with Crippen molar-refractivity contribution >= 4 is 17.6 Å². The smallest absolute Gasteiger partial charge is 0.341 e. The van der Waals surface area contributed by atoms with Crippen molar-refractivity contribution in [2.75, 3.05) is 38.3 Å². The molecular formula is C37H48N2O5. The van der Waals surface area contributed by atoms with E-state index in [4.69, 9.17) is 14.2 Å². The molecule has 4 rings (SSSR count). The van der Waals surface area contributed by atoms with E-state index >= 15 is 0 Å². The summed E-state index contributed by atoms with van der Waals surface area (Å²) in [6.45, 7) is 11.3. The van der Waals surface area contributed by atoms with Crippen LogP contribution in [-0.2, 0) is 22.5 Å². The number of amides is 1. The zero-order valence-corrected chi connectivity index (χ0v) is 27.0. The maximum Gasteiger partial charge on any atom is 0.341 e. The summed E-state index contributed by atoms with van der Waals surface area (Å²) >= 11 is 0. The van der Waals surface area contributed by atoms with Crippen LogP contribution in [-0.4, -0.2) is 50.2 Å². The number of rotatable bonds is 14. The van der Waals surface area contributed by atoms with Gasteiger partial charge in [-0.3, -0.25) is 4.79 Å². The third-order valence-corrected chi connectivity index (χ3v) is 8.09. The number of hydrogen-bond donors (Lipinski definition) is 0. The Balaban J connectivity index is 1.74. The minimum Gasteiger partial charge on any atom is -0.497 e. The number of esters is 1. The zero-order chi connectivity index (χ0) is 31.5. The van der Waals surface area contributed by atoms with Gasteiger partial charge in [0, 0.05) is 25.3 Å². The van der Waals surface area contributed by atoms with Crippen molar-refractivity contribution < 1.29 is 23.8 Å². The second-order valence-electron chi connectivity index (χ2n) is 11.8. The summed E-state index contributed by atoms with van der Waals surface area (Å²) in [4.78, 5) is 31.6. The lowest BCUT2D eigenvalue weighted by molar-refractivity contribution is -0.134. The number of para-hydroxylation sites is 1. The number of carbonyl (C=O) groups excluding carboxylic acids is 2. The summed E-state index contributed by atoms with van der Waals surface area (Å²) in [7, 11) is 1.66. The molecule has 44 heavy (non-hydrogen) atoms. The van der Waals surface area contributed by atoms with Crippen LogP contribution in [0.3, 0.4) is 0 Å². The SMILES string of the molecule is CCOC(=O)c1ccc(CC(=O)N(Cc2ccc(OC)cc2)[C@@H](CC(C)C)c2ccccc2N2CCCCC2)cc1OCC. The summed E-state index contributed by atoms with van der Waals surface area (Å²) in [6.07, 6.45) is 4.64. The van der Waals surface area contributed by atoms with Gasteiger partial charge in [-0.25, -0.2) is 4.79 Å². The Morgan fingerprint density at radius 3 is 2.25 bits per heavy atom. The lowest BCUT2D eigenvalue weighted by Crippen LogP contribution is -2.38. The van der Waals surface area contributed by atoms with Crippen molar-refractivity contribution in [1.82, 2.24) is 4.90 Å². The number of carbonyl (C=O) groups is 2. The van der Waals surface area contributed by atoms with Gasteiger partial charge in [0.15, 0.2) is 0 Å². The van der Waals surface area contributed by atoms with Crippen molar-refractivity contribution in [2.24, 2.45) is 5.92 Å². The Hall–Kier alpha value is -4.00. The Kier molecular flexibility index (Phi) is 12.1. The van der Waals surface area contributed by atoms with Gasteiger partial charge in [0.1, 0.15) is 17.1 Å². The fourth-order valence-electron chi connectivity index (χ4n) is 5.97. The highest BCUT2D eigenvalue weighted by molar-refractivity contribution is 5.93. The van der Waals surface area contributed by atoms with E-state index in [2.05, 4.69) is 43.0 Å². The Bertz CT molecular complexity index is 1360. The first-order valence-corrected chi connectivity index (χ1v) is 16.0. The van der Waals surface area contributed by atoms with Gasteiger partial charge in [0.2, 0.25) is 5.91 Å². The Morgan fingerprint density at radius 2 is 1.59 bits per heavy atom. The summed E-state index contributed by atoms with van der Waals surface area (Å²) < 4.78 is 16.4. The predicted octanol–water partition coefficient (Wildman–Crippen LogP) is 7.62. The molecule has 0 spiro atoms. The van der Waals surface area contributed by atoms with Crippen LogP contribution in [0, 0.1) is 5.92 Å². The molecule has 1 atom stereocenters. The summed E-state index contributed by atoms with van der Waals surface area (Å²) in [6, 6.07) is 21.8. The van der Waals surface area contributed by atoms with Gasteiger partial charge >= 0.3 is 5.97 Å². The Labute approximate surface area is 263 Å². The van der Waals surface area contributed by atoms with E-state index < -0.39 is 5.97 Å². The van der Waals surface area contributed by atoms with Crippen LogP contribution in [0.25, 0.3) is 0 Å². The number of piperidine rings is 1. The van der Waals surface area contributed by atoms with Crippen LogP contribution < -0.4 is 14.4 Å². The van der Waals surface area contributed by atoms with Crippen LogP contribution in [0.4, 0.5) is 5.69 Å².